The average molecular weight is 544 g/mol. The normalized spacial score (nSPS) is 40.2. The maximum atomic E-state index is 15.0. The standard InChI is InChI=1S/C29H38BFO6S/c1-6-27(4)13-21(37-22(33)15-38-20-8-7-18-14-36-30(35)23(18)24(20)31)28(5)16(2)9-11-29(17(3)26(27)34)12-10-19(32)25(28)29/h6-8,16-17,21,25-26,34-35H,1,9-15H2,2-5H3/t16-,17+,21-,25+,26+,27-,28+,29+/m1/s1. The Kier molecular flexibility index (Phi) is 7.15. The maximum Gasteiger partial charge on any atom is 0.494 e. The largest absolute Gasteiger partial charge is 0.494 e. The van der Waals surface area contributed by atoms with Crippen molar-refractivity contribution in [1.82, 2.24) is 0 Å². The number of ether oxygens (including phenoxy) is 1. The third-order valence-corrected chi connectivity index (χ3v) is 11.8. The lowest BCUT2D eigenvalue weighted by Crippen LogP contribution is -2.63. The van der Waals surface area contributed by atoms with Gasteiger partial charge in [0.25, 0.3) is 0 Å². The predicted octanol–water partition coefficient (Wildman–Crippen LogP) is 4.04. The molecule has 8 atom stereocenters. The van der Waals surface area contributed by atoms with Gasteiger partial charge in [-0.3, -0.25) is 9.59 Å². The molecule has 1 heterocycles. The van der Waals surface area contributed by atoms with Gasteiger partial charge in [0.2, 0.25) is 0 Å². The molecule has 0 spiro atoms. The van der Waals surface area contributed by atoms with E-state index in [1.807, 2.05) is 6.92 Å². The van der Waals surface area contributed by atoms with Gasteiger partial charge in [-0.15, -0.1) is 18.3 Å². The Labute approximate surface area is 228 Å². The zero-order valence-electron chi connectivity index (χ0n) is 22.7. The van der Waals surface area contributed by atoms with Crippen molar-refractivity contribution in [3.8, 4) is 0 Å². The summed E-state index contributed by atoms with van der Waals surface area (Å²) in [7, 11) is -1.31. The molecule has 2 N–H and O–H groups in total. The van der Waals surface area contributed by atoms with Crippen molar-refractivity contribution in [2.45, 2.75) is 83.5 Å². The molecule has 9 heteroatoms. The number of aliphatic hydroxyl groups is 1. The lowest BCUT2D eigenvalue weighted by atomic mass is 9.44. The molecule has 1 aromatic carbocycles. The van der Waals surface area contributed by atoms with Crippen molar-refractivity contribution in [2.75, 3.05) is 5.75 Å². The fraction of sp³-hybridized carbons (Fsp3) is 0.655. The van der Waals surface area contributed by atoms with Crippen LogP contribution in [0, 0.1) is 39.8 Å². The first-order valence-electron chi connectivity index (χ1n) is 13.7. The number of benzene rings is 1. The lowest BCUT2D eigenvalue weighted by Gasteiger charge is -2.61. The number of carbonyl (C=O) groups is 2. The third kappa shape index (κ3) is 4.02. The summed E-state index contributed by atoms with van der Waals surface area (Å²) in [4.78, 5) is 27.0. The number of aliphatic hydroxyl groups excluding tert-OH is 1. The van der Waals surface area contributed by atoms with Crippen LogP contribution in [0.2, 0.25) is 0 Å². The molecule has 0 unspecified atom stereocenters. The van der Waals surface area contributed by atoms with Crippen LogP contribution in [0.4, 0.5) is 4.39 Å². The van der Waals surface area contributed by atoms with Crippen LogP contribution in [0.15, 0.2) is 29.7 Å². The number of esters is 1. The molecular formula is C29H38BFO6S. The Morgan fingerprint density at radius 1 is 1.34 bits per heavy atom. The molecule has 0 aromatic heterocycles. The van der Waals surface area contributed by atoms with E-state index in [1.165, 1.54) is 0 Å². The molecule has 0 saturated heterocycles. The summed E-state index contributed by atoms with van der Waals surface area (Å²) in [6, 6.07) is 3.29. The number of thioether (sulfide) groups is 1. The molecular weight excluding hydrogens is 506 g/mol. The van der Waals surface area contributed by atoms with E-state index in [9.17, 15) is 19.7 Å². The van der Waals surface area contributed by atoms with E-state index >= 15 is 4.39 Å². The summed E-state index contributed by atoms with van der Waals surface area (Å²) < 4.78 is 26.4. The van der Waals surface area contributed by atoms with Gasteiger partial charge in [-0.1, -0.05) is 39.8 Å². The van der Waals surface area contributed by atoms with Crippen molar-refractivity contribution in [3.05, 3.63) is 36.2 Å². The highest BCUT2D eigenvalue weighted by Crippen LogP contribution is 2.68. The molecule has 0 radical (unpaired) electrons. The Bertz CT molecular complexity index is 1160. The minimum atomic E-state index is -1.31. The monoisotopic (exact) mass is 544 g/mol. The third-order valence-electron chi connectivity index (χ3n) is 10.8. The molecule has 3 fully saturated rings. The zero-order valence-corrected chi connectivity index (χ0v) is 23.5. The minimum Gasteiger partial charge on any atom is -0.461 e. The summed E-state index contributed by atoms with van der Waals surface area (Å²) in [5.41, 5.74) is -0.921. The van der Waals surface area contributed by atoms with Crippen LogP contribution >= 0.6 is 11.8 Å². The van der Waals surface area contributed by atoms with Crippen LogP contribution in [0.3, 0.4) is 0 Å². The molecule has 3 saturated carbocycles. The fourth-order valence-electron chi connectivity index (χ4n) is 8.20. The number of Topliss-reactive ketones (excluding diaryl/α,β-unsaturated/α-hetero) is 1. The quantitative estimate of drug-likeness (QED) is 0.250. The van der Waals surface area contributed by atoms with Crippen molar-refractivity contribution < 1.29 is 33.5 Å². The average Bonchev–Trinajstić information content (AvgIpc) is 3.45. The molecule has 2 bridgehead atoms. The van der Waals surface area contributed by atoms with Crippen LogP contribution in [-0.2, 0) is 25.6 Å². The predicted molar refractivity (Wildman–Crippen MR) is 144 cm³/mol. The summed E-state index contributed by atoms with van der Waals surface area (Å²) >= 11 is 1.02. The summed E-state index contributed by atoms with van der Waals surface area (Å²) in [6.07, 6.45) is 3.79. The maximum absolute atomic E-state index is 15.0. The minimum absolute atomic E-state index is 0.0944. The van der Waals surface area contributed by atoms with Crippen LogP contribution in [0.1, 0.15) is 65.4 Å². The van der Waals surface area contributed by atoms with Crippen LogP contribution < -0.4 is 5.46 Å². The van der Waals surface area contributed by atoms with Gasteiger partial charge in [0.1, 0.15) is 17.7 Å². The molecule has 38 heavy (non-hydrogen) atoms. The van der Waals surface area contributed by atoms with Gasteiger partial charge in [0.15, 0.2) is 0 Å². The number of rotatable bonds is 5. The van der Waals surface area contributed by atoms with E-state index in [-0.39, 0.29) is 51.7 Å². The summed E-state index contributed by atoms with van der Waals surface area (Å²) in [5.74, 6) is -1.25. The Hall–Kier alpha value is -1.68. The molecule has 3 aliphatic carbocycles. The first-order chi connectivity index (χ1) is 17.9. The molecule has 1 aliphatic heterocycles. The smallest absolute Gasteiger partial charge is 0.461 e. The van der Waals surface area contributed by atoms with E-state index in [2.05, 4.69) is 27.4 Å². The first kappa shape index (κ1) is 27.9. The highest BCUT2D eigenvalue weighted by Gasteiger charge is 2.68. The second-order valence-electron chi connectivity index (χ2n) is 12.5. The first-order valence-corrected chi connectivity index (χ1v) is 14.6. The van der Waals surface area contributed by atoms with Crippen LogP contribution in [0.5, 0.6) is 0 Å². The Balaban J connectivity index is 1.44. The molecule has 1 aromatic rings. The van der Waals surface area contributed by atoms with E-state index in [1.54, 1.807) is 18.2 Å². The molecule has 6 nitrogen and oxygen atoms in total. The van der Waals surface area contributed by atoms with Gasteiger partial charge >= 0.3 is 13.1 Å². The number of hydrogen-bond acceptors (Lipinski definition) is 7. The summed E-state index contributed by atoms with van der Waals surface area (Å²) in [5, 5.41) is 21.6. The highest BCUT2D eigenvalue weighted by atomic mass is 32.2. The highest BCUT2D eigenvalue weighted by molar-refractivity contribution is 8.00. The summed E-state index contributed by atoms with van der Waals surface area (Å²) in [6.45, 7) is 12.5. The molecule has 5 rings (SSSR count). The number of carbonyl (C=O) groups excluding carboxylic acids is 2. The van der Waals surface area contributed by atoms with Crippen molar-refractivity contribution in [2.24, 2.45) is 34.0 Å². The van der Waals surface area contributed by atoms with Gasteiger partial charge in [-0.2, -0.15) is 0 Å². The second-order valence-corrected chi connectivity index (χ2v) is 13.5. The van der Waals surface area contributed by atoms with E-state index in [4.69, 9.17) is 9.39 Å². The number of fused-ring (bicyclic) bond motifs is 1. The fourth-order valence-corrected chi connectivity index (χ4v) is 8.94. The van der Waals surface area contributed by atoms with Gasteiger partial charge in [-0.25, -0.2) is 4.39 Å². The van der Waals surface area contributed by atoms with Crippen LogP contribution in [-0.4, -0.2) is 47.0 Å². The van der Waals surface area contributed by atoms with Gasteiger partial charge < -0.3 is 19.5 Å². The van der Waals surface area contributed by atoms with Gasteiger partial charge in [0.05, 0.1) is 18.5 Å². The molecule has 0 amide bonds. The Morgan fingerprint density at radius 3 is 2.79 bits per heavy atom. The number of hydrogen-bond donors (Lipinski definition) is 2. The number of ketones is 1. The van der Waals surface area contributed by atoms with Gasteiger partial charge in [0, 0.05) is 33.5 Å². The van der Waals surface area contributed by atoms with Crippen molar-refractivity contribution >= 4 is 36.1 Å². The SMILES string of the molecule is C=C[C@]1(C)C[C@@H](OC(=O)CSc2ccc3c(c2F)B(O)OC3)[C@]2(C)[C@H](C)CC[C@]3(CCC(=O)[C@H]32)[C@@H](C)[C@@H]1O. The lowest BCUT2D eigenvalue weighted by molar-refractivity contribution is -0.205. The van der Waals surface area contributed by atoms with Gasteiger partial charge in [-0.05, 0) is 54.6 Å². The van der Waals surface area contributed by atoms with Crippen LogP contribution in [0.25, 0.3) is 0 Å². The molecule has 4 aliphatic rings. The Morgan fingerprint density at radius 2 is 2.08 bits per heavy atom. The number of halogens is 1. The molecule has 206 valence electrons. The van der Waals surface area contributed by atoms with Crippen molar-refractivity contribution in [3.63, 3.8) is 0 Å². The van der Waals surface area contributed by atoms with Crippen molar-refractivity contribution in [1.29, 1.82) is 0 Å². The van der Waals surface area contributed by atoms with E-state index in [0.29, 0.717) is 18.4 Å². The zero-order chi connectivity index (χ0) is 27.6. The topological polar surface area (TPSA) is 93.1 Å². The second kappa shape index (κ2) is 9.75. The van der Waals surface area contributed by atoms with E-state index < -0.39 is 41.9 Å². The van der Waals surface area contributed by atoms with E-state index in [0.717, 1.165) is 31.0 Å².